The highest BCUT2D eigenvalue weighted by atomic mass is 32.1. The van der Waals surface area contributed by atoms with Gasteiger partial charge in [-0.25, -0.2) is 0 Å². The van der Waals surface area contributed by atoms with Crippen LogP contribution in [0.15, 0.2) is 41.1 Å². The Hall–Kier alpha value is -2.12. The molecule has 4 heteroatoms. The van der Waals surface area contributed by atoms with Crippen LogP contribution in [0, 0.1) is 11.3 Å². The second kappa shape index (κ2) is 4.81. The highest BCUT2D eigenvalue weighted by Crippen LogP contribution is 2.18. The van der Waals surface area contributed by atoms with E-state index in [0.29, 0.717) is 11.1 Å². The SMILES string of the molecule is CN(C(=O)c1ccsc1)c1cccc(C#N)c1. The van der Waals surface area contributed by atoms with E-state index in [4.69, 9.17) is 5.26 Å². The number of carbonyl (C=O) groups excluding carboxylic acids is 1. The first-order chi connectivity index (χ1) is 8.22. The van der Waals surface area contributed by atoms with E-state index in [1.807, 2.05) is 16.8 Å². The number of benzene rings is 1. The van der Waals surface area contributed by atoms with E-state index in [9.17, 15) is 4.79 Å². The number of hydrogen-bond donors (Lipinski definition) is 0. The smallest absolute Gasteiger partial charge is 0.258 e. The lowest BCUT2D eigenvalue weighted by atomic mass is 10.2. The monoisotopic (exact) mass is 242 g/mol. The molecule has 2 aromatic rings. The summed E-state index contributed by atoms with van der Waals surface area (Å²) in [5.74, 6) is -0.0682. The molecule has 0 radical (unpaired) electrons. The average Bonchev–Trinajstić information content (AvgIpc) is 2.91. The van der Waals surface area contributed by atoms with Gasteiger partial charge in [0.25, 0.3) is 5.91 Å². The quantitative estimate of drug-likeness (QED) is 0.812. The first-order valence-corrected chi connectivity index (χ1v) is 5.97. The molecular formula is C13H10N2OS. The third-order valence-electron chi connectivity index (χ3n) is 2.44. The third-order valence-corrected chi connectivity index (χ3v) is 3.12. The fourth-order valence-corrected chi connectivity index (χ4v) is 2.11. The van der Waals surface area contributed by atoms with Gasteiger partial charge in [0.1, 0.15) is 0 Å². The van der Waals surface area contributed by atoms with Gasteiger partial charge in [0.2, 0.25) is 0 Å². The van der Waals surface area contributed by atoms with Gasteiger partial charge in [-0.2, -0.15) is 16.6 Å². The lowest BCUT2D eigenvalue weighted by molar-refractivity contribution is 0.0993. The summed E-state index contributed by atoms with van der Waals surface area (Å²) < 4.78 is 0. The van der Waals surface area contributed by atoms with Crippen LogP contribution < -0.4 is 4.90 Å². The van der Waals surface area contributed by atoms with Gasteiger partial charge in [-0.15, -0.1) is 0 Å². The lowest BCUT2D eigenvalue weighted by Crippen LogP contribution is -2.25. The molecule has 0 bridgehead atoms. The van der Waals surface area contributed by atoms with Crippen molar-refractivity contribution in [3.8, 4) is 6.07 Å². The molecule has 0 aliphatic rings. The fourth-order valence-electron chi connectivity index (χ4n) is 1.48. The van der Waals surface area contributed by atoms with Crippen LogP contribution in [-0.4, -0.2) is 13.0 Å². The maximum Gasteiger partial charge on any atom is 0.258 e. The molecule has 0 aliphatic heterocycles. The Morgan fingerprint density at radius 2 is 2.24 bits per heavy atom. The van der Waals surface area contributed by atoms with Gasteiger partial charge in [-0.05, 0) is 29.6 Å². The molecule has 0 saturated carbocycles. The van der Waals surface area contributed by atoms with Crippen LogP contribution in [0.3, 0.4) is 0 Å². The van der Waals surface area contributed by atoms with E-state index in [1.54, 1.807) is 36.2 Å². The average molecular weight is 242 g/mol. The second-order valence-electron chi connectivity index (χ2n) is 3.54. The van der Waals surface area contributed by atoms with Crippen LogP contribution in [-0.2, 0) is 0 Å². The zero-order valence-corrected chi connectivity index (χ0v) is 10.1. The summed E-state index contributed by atoms with van der Waals surface area (Å²) in [4.78, 5) is 13.6. The minimum atomic E-state index is -0.0682. The Balaban J connectivity index is 2.28. The zero-order valence-electron chi connectivity index (χ0n) is 9.25. The van der Waals surface area contributed by atoms with Gasteiger partial charge in [-0.1, -0.05) is 6.07 Å². The van der Waals surface area contributed by atoms with Crippen LogP contribution >= 0.6 is 11.3 Å². The number of hydrogen-bond acceptors (Lipinski definition) is 3. The highest BCUT2D eigenvalue weighted by molar-refractivity contribution is 7.08. The Labute approximate surface area is 104 Å². The Bertz CT molecular complexity index is 569. The van der Waals surface area contributed by atoms with Gasteiger partial charge in [0, 0.05) is 18.1 Å². The predicted molar refractivity (Wildman–Crippen MR) is 68.2 cm³/mol. The van der Waals surface area contributed by atoms with Crippen molar-refractivity contribution in [2.45, 2.75) is 0 Å². The van der Waals surface area contributed by atoms with E-state index in [1.165, 1.54) is 11.3 Å². The number of amides is 1. The molecule has 0 saturated heterocycles. The van der Waals surface area contributed by atoms with E-state index >= 15 is 0 Å². The normalized spacial score (nSPS) is 9.65. The van der Waals surface area contributed by atoms with Gasteiger partial charge in [0.05, 0.1) is 17.2 Å². The number of anilines is 1. The van der Waals surface area contributed by atoms with Gasteiger partial charge < -0.3 is 4.90 Å². The van der Waals surface area contributed by atoms with E-state index in [2.05, 4.69) is 6.07 Å². The van der Waals surface area contributed by atoms with Crippen LogP contribution in [0.2, 0.25) is 0 Å². The third kappa shape index (κ3) is 2.35. The number of thiophene rings is 1. The number of nitrogens with zero attached hydrogens (tertiary/aromatic N) is 2. The van der Waals surface area contributed by atoms with Crippen molar-refractivity contribution >= 4 is 22.9 Å². The summed E-state index contributed by atoms with van der Waals surface area (Å²) in [6, 6.07) is 10.8. The van der Waals surface area contributed by atoms with Gasteiger partial charge >= 0.3 is 0 Å². The highest BCUT2D eigenvalue weighted by Gasteiger charge is 2.13. The van der Waals surface area contributed by atoms with Crippen molar-refractivity contribution in [3.05, 3.63) is 52.2 Å². The van der Waals surface area contributed by atoms with Crippen molar-refractivity contribution in [3.63, 3.8) is 0 Å². The molecule has 0 unspecified atom stereocenters. The molecular weight excluding hydrogens is 232 g/mol. The van der Waals surface area contributed by atoms with Crippen LogP contribution in [0.4, 0.5) is 5.69 Å². The summed E-state index contributed by atoms with van der Waals surface area (Å²) >= 11 is 1.49. The number of carbonyl (C=O) groups is 1. The largest absolute Gasteiger partial charge is 0.311 e. The van der Waals surface area contributed by atoms with Crippen molar-refractivity contribution in [1.29, 1.82) is 5.26 Å². The molecule has 0 N–H and O–H groups in total. The van der Waals surface area contributed by atoms with Gasteiger partial charge in [0.15, 0.2) is 0 Å². The lowest BCUT2D eigenvalue weighted by Gasteiger charge is -2.16. The minimum Gasteiger partial charge on any atom is -0.311 e. The molecule has 1 heterocycles. The Morgan fingerprint density at radius 1 is 1.41 bits per heavy atom. The molecule has 0 aliphatic carbocycles. The van der Waals surface area contributed by atoms with E-state index in [-0.39, 0.29) is 5.91 Å². The topological polar surface area (TPSA) is 44.1 Å². The van der Waals surface area contributed by atoms with Crippen LogP contribution in [0.5, 0.6) is 0 Å². The second-order valence-corrected chi connectivity index (χ2v) is 4.32. The van der Waals surface area contributed by atoms with Crippen molar-refractivity contribution in [1.82, 2.24) is 0 Å². The van der Waals surface area contributed by atoms with Crippen LogP contribution in [0.1, 0.15) is 15.9 Å². The fraction of sp³-hybridized carbons (Fsp3) is 0.0769. The first kappa shape index (κ1) is 11.4. The molecule has 17 heavy (non-hydrogen) atoms. The molecule has 0 spiro atoms. The number of rotatable bonds is 2. The molecule has 1 amide bonds. The summed E-state index contributed by atoms with van der Waals surface area (Å²) in [5, 5.41) is 12.5. The standard InChI is InChI=1S/C13H10N2OS/c1-15(13(16)11-5-6-17-9-11)12-4-2-3-10(7-12)8-14/h2-7,9H,1H3. The maximum atomic E-state index is 12.1. The predicted octanol–water partition coefficient (Wildman–Crippen LogP) is 2.90. The zero-order chi connectivity index (χ0) is 12.3. The molecule has 2 rings (SSSR count). The minimum absolute atomic E-state index is 0.0682. The molecule has 3 nitrogen and oxygen atoms in total. The Kier molecular flexibility index (Phi) is 3.22. The summed E-state index contributed by atoms with van der Waals surface area (Å²) in [6.45, 7) is 0. The van der Waals surface area contributed by atoms with Crippen molar-refractivity contribution < 1.29 is 4.79 Å². The molecule has 1 aromatic heterocycles. The van der Waals surface area contributed by atoms with Crippen LogP contribution in [0.25, 0.3) is 0 Å². The first-order valence-electron chi connectivity index (χ1n) is 5.03. The molecule has 84 valence electrons. The molecule has 0 fully saturated rings. The summed E-state index contributed by atoms with van der Waals surface area (Å²) in [6.07, 6.45) is 0. The Morgan fingerprint density at radius 3 is 2.88 bits per heavy atom. The number of nitriles is 1. The summed E-state index contributed by atoms with van der Waals surface area (Å²) in [5.41, 5.74) is 1.94. The van der Waals surface area contributed by atoms with E-state index < -0.39 is 0 Å². The van der Waals surface area contributed by atoms with E-state index in [0.717, 1.165) is 5.69 Å². The maximum absolute atomic E-state index is 12.1. The van der Waals surface area contributed by atoms with Gasteiger partial charge in [-0.3, -0.25) is 4.79 Å². The van der Waals surface area contributed by atoms with Crippen molar-refractivity contribution in [2.24, 2.45) is 0 Å². The summed E-state index contributed by atoms with van der Waals surface area (Å²) in [7, 11) is 1.70. The van der Waals surface area contributed by atoms with Crippen molar-refractivity contribution in [2.75, 3.05) is 11.9 Å². The molecule has 1 aromatic carbocycles. The molecule has 0 atom stereocenters.